The minimum absolute atomic E-state index is 0.162. The van der Waals surface area contributed by atoms with Gasteiger partial charge in [0.1, 0.15) is 17.3 Å². The fraction of sp³-hybridized carbons (Fsp3) is 0.263. The summed E-state index contributed by atoms with van der Waals surface area (Å²) < 4.78 is 21.0. The van der Waals surface area contributed by atoms with Gasteiger partial charge in [0.2, 0.25) is 0 Å². The van der Waals surface area contributed by atoms with Gasteiger partial charge in [-0.25, -0.2) is 4.39 Å². The first-order valence-corrected chi connectivity index (χ1v) is 8.67. The predicted molar refractivity (Wildman–Crippen MR) is 98.6 cm³/mol. The van der Waals surface area contributed by atoms with Gasteiger partial charge in [0.25, 0.3) is 5.91 Å². The minimum Gasteiger partial charge on any atom is -0.494 e. The lowest BCUT2D eigenvalue weighted by atomic mass is 10.2. The van der Waals surface area contributed by atoms with Crippen molar-refractivity contribution in [2.75, 3.05) is 11.9 Å². The summed E-state index contributed by atoms with van der Waals surface area (Å²) in [6, 6.07) is 11.1. The maximum absolute atomic E-state index is 14.1. The molecule has 0 aliphatic carbocycles. The molecule has 1 amide bonds. The van der Waals surface area contributed by atoms with Crippen LogP contribution in [-0.4, -0.2) is 32.7 Å². The molecule has 0 radical (unpaired) electrons. The lowest BCUT2D eigenvalue weighted by molar-refractivity contribution is 0.102. The highest BCUT2D eigenvalue weighted by atomic mass is 19.1. The number of ether oxygens (including phenoxy) is 1. The van der Waals surface area contributed by atoms with E-state index in [4.69, 9.17) is 4.74 Å². The number of halogens is 1. The lowest BCUT2D eigenvalue weighted by Crippen LogP contribution is -2.13. The summed E-state index contributed by atoms with van der Waals surface area (Å²) in [6.45, 7) is 4.41. The van der Waals surface area contributed by atoms with Crippen molar-refractivity contribution in [3.05, 3.63) is 59.7 Å². The Hall–Kier alpha value is -3.29. The highest BCUT2D eigenvalue weighted by Crippen LogP contribution is 2.20. The highest BCUT2D eigenvalue weighted by molar-refractivity contribution is 6.04. The van der Waals surface area contributed by atoms with E-state index in [9.17, 15) is 9.18 Å². The molecule has 0 aliphatic rings. The van der Waals surface area contributed by atoms with Gasteiger partial charge >= 0.3 is 0 Å². The fourth-order valence-electron chi connectivity index (χ4n) is 2.45. The first-order valence-electron chi connectivity index (χ1n) is 8.67. The third-order valence-electron chi connectivity index (χ3n) is 3.94. The van der Waals surface area contributed by atoms with Crippen molar-refractivity contribution in [3.8, 4) is 11.4 Å². The van der Waals surface area contributed by atoms with E-state index in [1.54, 1.807) is 31.2 Å². The van der Waals surface area contributed by atoms with Gasteiger partial charge in [-0.1, -0.05) is 13.3 Å². The number of nitrogens with one attached hydrogen (secondary N) is 1. The van der Waals surface area contributed by atoms with E-state index in [2.05, 4.69) is 27.8 Å². The Kier molecular flexibility index (Phi) is 5.75. The SMILES string of the molecule is CCCCOc1ccc(C(=O)Nc2ccc(F)c(-n3nnnc3C)c2)cc1. The van der Waals surface area contributed by atoms with Crippen LogP contribution in [0.3, 0.4) is 0 Å². The normalized spacial score (nSPS) is 10.6. The summed E-state index contributed by atoms with van der Waals surface area (Å²) in [5.74, 6) is 0.368. The Bertz CT molecular complexity index is 924. The van der Waals surface area contributed by atoms with Gasteiger partial charge < -0.3 is 10.1 Å². The van der Waals surface area contributed by atoms with Crippen LogP contribution in [0, 0.1) is 12.7 Å². The Morgan fingerprint density at radius 2 is 2.00 bits per heavy atom. The van der Waals surface area contributed by atoms with Gasteiger partial charge in [-0.05, 0) is 66.2 Å². The molecule has 0 bridgehead atoms. The zero-order valence-corrected chi connectivity index (χ0v) is 15.1. The topological polar surface area (TPSA) is 81.9 Å². The maximum atomic E-state index is 14.1. The second-order valence-electron chi connectivity index (χ2n) is 5.98. The van der Waals surface area contributed by atoms with Crippen LogP contribution in [0.5, 0.6) is 5.75 Å². The van der Waals surface area contributed by atoms with E-state index in [0.29, 0.717) is 23.7 Å². The van der Waals surface area contributed by atoms with Crippen molar-refractivity contribution in [1.29, 1.82) is 0 Å². The van der Waals surface area contributed by atoms with E-state index in [0.717, 1.165) is 18.6 Å². The quantitative estimate of drug-likeness (QED) is 0.644. The van der Waals surface area contributed by atoms with Crippen molar-refractivity contribution in [1.82, 2.24) is 20.2 Å². The first kappa shape index (κ1) is 18.5. The fourth-order valence-corrected chi connectivity index (χ4v) is 2.45. The smallest absolute Gasteiger partial charge is 0.255 e. The van der Waals surface area contributed by atoms with Gasteiger partial charge in [-0.2, -0.15) is 4.68 Å². The number of unbranched alkanes of at least 4 members (excludes halogenated alkanes) is 1. The standard InChI is InChI=1S/C19H20FN5O2/c1-3-4-11-27-16-8-5-14(6-9-16)19(26)21-15-7-10-17(20)18(12-15)25-13(2)22-23-24-25/h5-10,12H,3-4,11H2,1-2H3,(H,21,26). The molecule has 0 spiro atoms. The van der Waals surface area contributed by atoms with E-state index in [-0.39, 0.29) is 11.6 Å². The van der Waals surface area contributed by atoms with Gasteiger partial charge in [0, 0.05) is 11.3 Å². The van der Waals surface area contributed by atoms with Crippen LogP contribution in [0.15, 0.2) is 42.5 Å². The summed E-state index contributed by atoms with van der Waals surface area (Å²) in [6.07, 6.45) is 2.04. The minimum atomic E-state index is -0.489. The van der Waals surface area contributed by atoms with Crippen LogP contribution in [0.25, 0.3) is 5.69 Å². The number of hydrogen-bond donors (Lipinski definition) is 1. The third kappa shape index (κ3) is 4.46. The number of nitrogens with zero attached hydrogens (tertiary/aromatic N) is 4. The molecule has 0 saturated heterocycles. The van der Waals surface area contributed by atoms with E-state index >= 15 is 0 Å². The van der Waals surface area contributed by atoms with E-state index in [1.807, 2.05) is 0 Å². The predicted octanol–water partition coefficient (Wildman–Crippen LogP) is 3.54. The van der Waals surface area contributed by atoms with E-state index < -0.39 is 5.82 Å². The molecule has 3 rings (SSSR count). The van der Waals surface area contributed by atoms with Crippen molar-refractivity contribution in [2.24, 2.45) is 0 Å². The number of amides is 1. The largest absolute Gasteiger partial charge is 0.494 e. The third-order valence-corrected chi connectivity index (χ3v) is 3.94. The average Bonchev–Trinajstić information content (AvgIpc) is 3.10. The molecule has 0 saturated carbocycles. The van der Waals surface area contributed by atoms with Crippen LogP contribution < -0.4 is 10.1 Å². The van der Waals surface area contributed by atoms with Crippen molar-refractivity contribution >= 4 is 11.6 Å². The van der Waals surface area contributed by atoms with Crippen LogP contribution in [-0.2, 0) is 0 Å². The first-order chi connectivity index (χ1) is 13.1. The molecule has 1 heterocycles. The molecule has 2 aromatic carbocycles. The monoisotopic (exact) mass is 369 g/mol. The van der Waals surface area contributed by atoms with Gasteiger partial charge in [-0.3, -0.25) is 4.79 Å². The molecule has 3 aromatic rings. The number of tetrazole rings is 1. The molecule has 1 N–H and O–H groups in total. The van der Waals surface area contributed by atoms with Crippen LogP contribution in [0.4, 0.5) is 10.1 Å². The second-order valence-corrected chi connectivity index (χ2v) is 5.98. The number of carbonyl (C=O) groups excluding carboxylic acids is 1. The molecule has 7 nitrogen and oxygen atoms in total. The number of hydrogen-bond acceptors (Lipinski definition) is 5. The highest BCUT2D eigenvalue weighted by Gasteiger charge is 2.12. The molecule has 0 atom stereocenters. The Labute approximate surface area is 156 Å². The number of anilines is 1. The van der Waals surface area contributed by atoms with E-state index in [1.165, 1.54) is 22.9 Å². The van der Waals surface area contributed by atoms with Crippen LogP contribution >= 0.6 is 0 Å². The number of benzene rings is 2. The van der Waals surface area contributed by atoms with Crippen molar-refractivity contribution < 1.29 is 13.9 Å². The molecule has 0 fully saturated rings. The molecular weight excluding hydrogens is 349 g/mol. The zero-order valence-electron chi connectivity index (χ0n) is 15.1. The number of rotatable bonds is 7. The second kappa shape index (κ2) is 8.39. The summed E-state index contributed by atoms with van der Waals surface area (Å²) in [5, 5.41) is 13.8. The summed E-state index contributed by atoms with van der Waals surface area (Å²) in [4.78, 5) is 12.4. The van der Waals surface area contributed by atoms with Gasteiger partial charge in [-0.15, -0.1) is 5.10 Å². The van der Waals surface area contributed by atoms with Gasteiger partial charge in [0.05, 0.1) is 6.61 Å². The van der Waals surface area contributed by atoms with Crippen molar-refractivity contribution in [2.45, 2.75) is 26.7 Å². The zero-order chi connectivity index (χ0) is 19.2. The summed E-state index contributed by atoms with van der Waals surface area (Å²) in [5.41, 5.74) is 1.08. The molecular formula is C19H20FN5O2. The number of aromatic nitrogens is 4. The molecule has 1 aromatic heterocycles. The Morgan fingerprint density at radius 3 is 2.67 bits per heavy atom. The van der Waals surface area contributed by atoms with Crippen LogP contribution in [0.2, 0.25) is 0 Å². The molecule has 8 heteroatoms. The lowest BCUT2D eigenvalue weighted by Gasteiger charge is -2.10. The number of carbonyl (C=O) groups is 1. The number of aryl methyl sites for hydroxylation is 1. The Morgan fingerprint density at radius 1 is 1.22 bits per heavy atom. The summed E-state index contributed by atoms with van der Waals surface area (Å²) >= 11 is 0. The molecule has 0 unspecified atom stereocenters. The summed E-state index contributed by atoms with van der Waals surface area (Å²) in [7, 11) is 0. The Balaban J connectivity index is 1.72. The molecule has 140 valence electrons. The maximum Gasteiger partial charge on any atom is 0.255 e. The van der Waals surface area contributed by atoms with Crippen LogP contribution in [0.1, 0.15) is 35.9 Å². The molecule has 27 heavy (non-hydrogen) atoms. The van der Waals surface area contributed by atoms with Gasteiger partial charge in [0.15, 0.2) is 5.82 Å². The van der Waals surface area contributed by atoms with Crippen molar-refractivity contribution in [3.63, 3.8) is 0 Å². The molecule has 0 aliphatic heterocycles. The average molecular weight is 369 g/mol.